The van der Waals surface area contributed by atoms with Gasteiger partial charge in [-0.2, -0.15) is 0 Å². The van der Waals surface area contributed by atoms with Crippen LogP contribution in [0.2, 0.25) is 0 Å². The Labute approximate surface area is 102 Å². The lowest BCUT2D eigenvalue weighted by atomic mass is 10.0. The summed E-state index contributed by atoms with van der Waals surface area (Å²) in [5.74, 6) is 3.95. The van der Waals surface area contributed by atoms with Gasteiger partial charge < -0.3 is 10.0 Å². The molecule has 2 bridgehead atoms. The third-order valence-electron chi connectivity index (χ3n) is 5.89. The van der Waals surface area contributed by atoms with Gasteiger partial charge in [0, 0.05) is 12.5 Å². The number of carbonyl (C=O) groups excluding carboxylic acids is 1. The number of aliphatic hydroxyl groups excluding tert-OH is 1. The number of likely N-dealkylation sites (tertiary alicyclic amines) is 1. The van der Waals surface area contributed by atoms with Crippen molar-refractivity contribution in [1.29, 1.82) is 0 Å². The number of amides is 1. The van der Waals surface area contributed by atoms with Gasteiger partial charge in [-0.15, -0.1) is 0 Å². The summed E-state index contributed by atoms with van der Waals surface area (Å²) in [7, 11) is 0. The van der Waals surface area contributed by atoms with Gasteiger partial charge in [0.15, 0.2) is 0 Å². The van der Waals surface area contributed by atoms with Gasteiger partial charge in [-0.3, -0.25) is 4.79 Å². The van der Waals surface area contributed by atoms with Crippen LogP contribution in [0.25, 0.3) is 0 Å². The molecule has 5 unspecified atom stereocenters. The van der Waals surface area contributed by atoms with E-state index in [9.17, 15) is 9.90 Å². The third-order valence-corrected chi connectivity index (χ3v) is 5.89. The van der Waals surface area contributed by atoms with Gasteiger partial charge in [0.2, 0.25) is 5.91 Å². The minimum atomic E-state index is 0.126. The molecule has 4 rings (SSSR count). The van der Waals surface area contributed by atoms with Crippen molar-refractivity contribution < 1.29 is 9.90 Å². The highest BCUT2D eigenvalue weighted by atomic mass is 16.3. The second-order valence-electron chi connectivity index (χ2n) is 6.52. The molecule has 1 saturated heterocycles. The number of carbonyl (C=O) groups is 1. The van der Waals surface area contributed by atoms with Gasteiger partial charge in [-0.05, 0) is 55.8 Å². The number of nitrogens with zero attached hydrogens (tertiary/aromatic N) is 1. The molecule has 1 aliphatic heterocycles. The SMILES string of the molecule is O=C(C1C2C3CCC(C3)C12)N1CCCC1CO. The molecule has 4 fully saturated rings. The van der Waals surface area contributed by atoms with Gasteiger partial charge in [0.1, 0.15) is 0 Å². The zero-order valence-corrected chi connectivity index (χ0v) is 10.2. The summed E-state index contributed by atoms with van der Waals surface area (Å²) in [5.41, 5.74) is 0. The maximum atomic E-state index is 12.5. The summed E-state index contributed by atoms with van der Waals surface area (Å²) >= 11 is 0. The second-order valence-corrected chi connectivity index (χ2v) is 6.52. The Morgan fingerprint density at radius 3 is 2.53 bits per heavy atom. The normalized spacial score (nSPS) is 50.8. The Morgan fingerprint density at radius 1 is 1.18 bits per heavy atom. The van der Waals surface area contributed by atoms with E-state index < -0.39 is 0 Å². The molecule has 3 aliphatic carbocycles. The Balaban J connectivity index is 1.49. The van der Waals surface area contributed by atoms with Gasteiger partial charge in [0.25, 0.3) is 0 Å². The molecule has 94 valence electrons. The van der Waals surface area contributed by atoms with Crippen LogP contribution in [0.1, 0.15) is 32.1 Å². The van der Waals surface area contributed by atoms with E-state index in [1.54, 1.807) is 0 Å². The first-order valence-electron chi connectivity index (χ1n) is 7.22. The van der Waals surface area contributed by atoms with Crippen LogP contribution in [0.4, 0.5) is 0 Å². The van der Waals surface area contributed by atoms with E-state index in [0.29, 0.717) is 11.8 Å². The van der Waals surface area contributed by atoms with E-state index >= 15 is 0 Å². The quantitative estimate of drug-likeness (QED) is 0.783. The maximum Gasteiger partial charge on any atom is 0.226 e. The second kappa shape index (κ2) is 3.47. The molecule has 4 aliphatic rings. The lowest BCUT2D eigenvalue weighted by Gasteiger charge is -2.24. The van der Waals surface area contributed by atoms with Gasteiger partial charge >= 0.3 is 0 Å². The molecule has 3 saturated carbocycles. The van der Waals surface area contributed by atoms with E-state index in [4.69, 9.17) is 0 Å². The number of hydrogen-bond acceptors (Lipinski definition) is 2. The molecule has 5 atom stereocenters. The summed E-state index contributed by atoms with van der Waals surface area (Å²) < 4.78 is 0. The van der Waals surface area contributed by atoms with E-state index in [1.807, 2.05) is 4.90 Å². The number of hydrogen-bond donors (Lipinski definition) is 1. The van der Waals surface area contributed by atoms with E-state index in [1.165, 1.54) is 19.3 Å². The smallest absolute Gasteiger partial charge is 0.226 e. The van der Waals surface area contributed by atoms with Crippen molar-refractivity contribution in [3.63, 3.8) is 0 Å². The van der Waals surface area contributed by atoms with Crippen LogP contribution in [-0.2, 0) is 4.79 Å². The fourth-order valence-electron chi connectivity index (χ4n) is 5.16. The first-order valence-corrected chi connectivity index (χ1v) is 7.22. The molecule has 0 aromatic carbocycles. The lowest BCUT2D eigenvalue weighted by Crippen LogP contribution is -2.39. The molecular formula is C14H21NO2. The van der Waals surface area contributed by atoms with Crippen LogP contribution in [0.5, 0.6) is 0 Å². The molecule has 0 aromatic rings. The Bertz CT molecular complexity index is 340. The summed E-state index contributed by atoms with van der Waals surface area (Å²) in [6.07, 6.45) is 6.23. The van der Waals surface area contributed by atoms with Crippen molar-refractivity contribution in [3.05, 3.63) is 0 Å². The Hall–Kier alpha value is -0.570. The monoisotopic (exact) mass is 235 g/mol. The van der Waals surface area contributed by atoms with Crippen LogP contribution in [-0.4, -0.2) is 35.1 Å². The molecule has 0 radical (unpaired) electrons. The van der Waals surface area contributed by atoms with Crippen molar-refractivity contribution in [2.24, 2.45) is 29.6 Å². The van der Waals surface area contributed by atoms with Gasteiger partial charge in [0.05, 0.1) is 12.6 Å². The third kappa shape index (κ3) is 1.29. The molecule has 1 amide bonds. The number of rotatable bonds is 2. The van der Waals surface area contributed by atoms with Gasteiger partial charge in [-0.1, -0.05) is 0 Å². The highest BCUT2D eigenvalue weighted by Gasteiger charge is 2.68. The molecule has 1 heterocycles. The van der Waals surface area contributed by atoms with Crippen LogP contribution in [0.15, 0.2) is 0 Å². The standard InChI is InChI=1S/C14H21NO2/c16-7-10-2-1-5-15(10)14(17)13-11-8-3-4-9(6-8)12(11)13/h8-13,16H,1-7H2. The first kappa shape index (κ1) is 10.4. The van der Waals surface area contributed by atoms with Crippen LogP contribution in [0, 0.1) is 29.6 Å². The Kier molecular flexibility index (Phi) is 2.11. The van der Waals surface area contributed by atoms with Crippen molar-refractivity contribution in [2.75, 3.05) is 13.2 Å². The number of fused-ring (bicyclic) bond motifs is 5. The van der Waals surface area contributed by atoms with Gasteiger partial charge in [-0.25, -0.2) is 0 Å². The topological polar surface area (TPSA) is 40.5 Å². The van der Waals surface area contributed by atoms with E-state index in [-0.39, 0.29) is 12.6 Å². The largest absolute Gasteiger partial charge is 0.394 e. The van der Waals surface area contributed by atoms with Crippen LogP contribution < -0.4 is 0 Å². The number of aliphatic hydroxyl groups is 1. The molecule has 17 heavy (non-hydrogen) atoms. The summed E-state index contributed by atoms with van der Waals surface area (Å²) in [6, 6.07) is 0.126. The first-order chi connectivity index (χ1) is 8.31. The molecule has 0 spiro atoms. The molecular weight excluding hydrogens is 214 g/mol. The molecule has 1 N–H and O–H groups in total. The molecule has 3 heteroatoms. The van der Waals surface area contributed by atoms with Crippen LogP contribution >= 0.6 is 0 Å². The van der Waals surface area contributed by atoms with E-state index in [0.717, 1.165) is 43.1 Å². The predicted molar refractivity (Wildman–Crippen MR) is 63.1 cm³/mol. The Morgan fingerprint density at radius 2 is 1.88 bits per heavy atom. The summed E-state index contributed by atoms with van der Waals surface area (Å²) in [4.78, 5) is 14.5. The zero-order valence-electron chi connectivity index (χ0n) is 10.2. The lowest BCUT2D eigenvalue weighted by molar-refractivity contribution is -0.135. The van der Waals surface area contributed by atoms with Crippen molar-refractivity contribution >= 4 is 5.91 Å². The zero-order chi connectivity index (χ0) is 11.6. The van der Waals surface area contributed by atoms with Crippen molar-refractivity contribution in [2.45, 2.75) is 38.1 Å². The van der Waals surface area contributed by atoms with Crippen LogP contribution in [0.3, 0.4) is 0 Å². The van der Waals surface area contributed by atoms with E-state index in [2.05, 4.69) is 0 Å². The van der Waals surface area contributed by atoms with Crippen molar-refractivity contribution in [3.8, 4) is 0 Å². The summed E-state index contributed by atoms with van der Waals surface area (Å²) in [5, 5.41) is 9.31. The predicted octanol–water partition coefficient (Wildman–Crippen LogP) is 1.26. The fourth-order valence-corrected chi connectivity index (χ4v) is 5.16. The average molecular weight is 235 g/mol. The minimum Gasteiger partial charge on any atom is -0.394 e. The summed E-state index contributed by atoms with van der Waals surface area (Å²) in [6.45, 7) is 1.04. The highest BCUT2D eigenvalue weighted by Crippen LogP contribution is 2.69. The van der Waals surface area contributed by atoms with Crippen molar-refractivity contribution in [1.82, 2.24) is 4.90 Å². The fraction of sp³-hybridized carbons (Fsp3) is 0.929. The molecule has 3 nitrogen and oxygen atoms in total. The highest BCUT2D eigenvalue weighted by molar-refractivity contribution is 5.83. The molecule has 0 aromatic heterocycles. The minimum absolute atomic E-state index is 0.126. The maximum absolute atomic E-state index is 12.5. The average Bonchev–Trinajstić information content (AvgIpc) is 2.78.